The van der Waals surface area contributed by atoms with E-state index in [1.807, 2.05) is 0 Å². The van der Waals surface area contributed by atoms with Crippen LogP contribution in [0.25, 0.3) is 0 Å². The highest BCUT2D eigenvalue weighted by molar-refractivity contribution is 7.13. The number of amides is 2. The predicted octanol–water partition coefficient (Wildman–Crippen LogP) is 4.42. The number of hydrogen-bond donors (Lipinski definition) is 2. The van der Waals surface area contributed by atoms with Crippen molar-refractivity contribution in [2.75, 3.05) is 10.6 Å². The molecule has 0 fully saturated rings. The van der Waals surface area contributed by atoms with Crippen LogP contribution in [0.2, 0.25) is 0 Å². The Morgan fingerprint density at radius 2 is 1.62 bits per heavy atom. The maximum atomic E-state index is 12.6. The highest BCUT2D eigenvalue weighted by Gasteiger charge is 2.21. The van der Waals surface area contributed by atoms with Gasteiger partial charge < -0.3 is 5.32 Å². The lowest BCUT2D eigenvalue weighted by Crippen LogP contribution is -2.14. The zero-order valence-electron chi connectivity index (χ0n) is 18.3. The van der Waals surface area contributed by atoms with Crippen LogP contribution in [-0.2, 0) is 6.54 Å². The second-order valence-corrected chi connectivity index (χ2v) is 8.35. The molecule has 0 spiro atoms. The van der Waals surface area contributed by atoms with E-state index in [4.69, 9.17) is 0 Å². The number of carbonyl (C=O) groups excluding carboxylic acids is 2. The van der Waals surface area contributed by atoms with Gasteiger partial charge in [-0.05, 0) is 55.8 Å². The lowest BCUT2D eigenvalue weighted by molar-refractivity contribution is -0.386. The number of aromatic nitrogens is 3. The van der Waals surface area contributed by atoms with Gasteiger partial charge in [0.2, 0.25) is 0 Å². The molecule has 34 heavy (non-hydrogen) atoms. The Morgan fingerprint density at radius 3 is 2.18 bits per heavy atom. The van der Waals surface area contributed by atoms with Crippen LogP contribution in [-0.4, -0.2) is 31.5 Å². The van der Waals surface area contributed by atoms with Crippen molar-refractivity contribution in [3.63, 3.8) is 0 Å². The van der Waals surface area contributed by atoms with E-state index in [0.717, 1.165) is 5.56 Å². The normalized spacial score (nSPS) is 10.6. The molecule has 0 saturated carbocycles. The fourth-order valence-corrected chi connectivity index (χ4v) is 3.93. The van der Waals surface area contributed by atoms with Crippen LogP contribution in [0.1, 0.15) is 37.7 Å². The number of nitro groups is 1. The third kappa shape index (κ3) is 4.99. The van der Waals surface area contributed by atoms with Gasteiger partial charge in [-0.25, -0.2) is 4.98 Å². The maximum Gasteiger partial charge on any atom is 0.312 e. The molecule has 0 aliphatic carbocycles. The summed E-state index contributed by atoms with van der Waals surface area (Å²) in [5.74, 6) is -0.579. The van der Waals surface area contributed by atoms with Crippen molar-refractivity contribution in [1.82, 2.24) is 14.8 Å². The molecule has 0 saturated heterocycles. The van der Waals surface area contributed by atoms with Gasteiger partial charge in [-0.3, -0.25) is 29.7 Å². The number of thiazole rings is 1. The molecule has 0 aliphatic heterocycles. The van der Waals surface area contributed by atoms with Crippen LogP contribution < -0.4 is 10.6 Å². The van der Waals surface area contributed by atoms with Gasteiger partial charge in [0.15, 0.2) is 5.13 Å². The summed E-state index contributed by atoms with van der Waals surface area (Å²) in [5, 5.41) is 23.2. The summed E-state index contributed by atoms with van der Waals surface area (Å²) in [6.45, 7) is 3.62. The molecule has 10 nitrogen and oxygen atoms in total. The molecule has 0 radical (unpaired) electrons. The van der Waals surface area contributed by atoms with Gasteiger partial charge in [-0.1, -0.05) is 12.1 Å². The number of aryl methyl sites for hydroxylation is 1. The molecule has 0 atom stereocenters. The van der Waals surface area contributed by atoms with Gasteiger partial charge in [0, 0.05) is 28.4 Å². The second-order valence-electron chi connectivity index (χ2n) is 7.45. The molecule has 0 unspecified atom stereocenters. The fraction of sp³-hybridized carbons (Fsp3) is 0.130. The first-order chi connectivity index (χ1) is 16.3. The van der Waals surface area contributed by atoms with Crippen molar-refractivity contribution in [2.24, 2.45) is 0 Å². The van der Waals surface area contributed by atoms with E-state index in [0.29, 0.717) is 39.9 Å². The summed E-state index contributed by atoms with van der Waals surface area (Å²) in [4.78, 5) is 39.6. The van der Waals surface area contributed by atoms with Gasteiger partial charge >= 0.3 is 5.69 Å². The maximum absolute atomic E-state index is 12.6. The highest BCUT2D eigenvalue weighted by Crippen LogP contribution is 2.23. The molecule has 4 aromatic rings. The first-order valence-corrected chi connectivity index (χ1v) is 11.1. The number of anilines is 2. The molecule has 2 aromatic carbocycles. The zero-order chi connectivity index (χ0) is 24.2. The minimum Gasteiger partial charge on any atom is -0.322 e. The van der Waals surface area contributed by atoms with Crippen LogP contribution in [0.3, 0.4) is 0 Å². The van der Waals surface area contributed by atoms with Crippen molar-refractivity contribution in [2.45, 2.75) is 20.4 Å². The topological polar surface area (TPSA) is 132 Å². The van der Waals surface area contributed by atoms with Crippen molar-refractivity contribution in [3.8, 4) is 0 Å². The van der Waals surface area contributed by atoms with E-state index >= 15 is 0 Å². The van der Waals surface area contributed by atoms with Gasteiger partial charge in [0.05, 0.1) is 11.5 Å². The monoisotopic (exact) mass is 476 g/mol. The Balaban J connectivity index is 1.38. The third-order valence-electron chi connectivity index (χ3n) is 5.13. The first-order valence-electron chi connectivity index (χ1n) is 10.2. The first kappa shape index (κ1) is 22.8. The number of hydrogen-bond acceptors (Lipinski definition) is 7. The summed E-state index contributed by atoms with van der Waals surface area (Å²) < 4.78 is 1.58. The third-order valence-corrected chi connectivity index (χ3v) is 5.82. The van der Waals surface area contributed by atoms with Gasteiger partial charge in [0.1, 0.15) is 11.4 Å². The quantitative estimate of drug-likeness (QED) is 0.300. The molecule has 2 N–H and O–H groups in total. The Bertz CT molecular complexity index is 1350. The second kappa shape index (κ2) is 9.63. The summed E-state index contributed by atoms with van der Waals surface area (Å²) in [6, 6.07) is 13.5. The molecule has 172 valence electrons. The lowest BCUT2D eigenvalue weighted by Gasteiger charge is -2.08. The van der Waals surface area contributed by atoms with Crippen LogP contribution in [0, 0.1) is 24.0 Å². The van der Waals surface area contributed by atoms with Crippen molar-refractivity contribution in [1.29, 1.82) is 0 Å². The molecule has 2 aromatic heterocycles. The number of carbonyl (C=O) groups is 2. The summed E-state index contributed by atoms with van der Waals surface area (Å²) >= 11 is 1.33. The molecule has 4 rings (SSSR count). The van der Waals surface area contributed by atoms with E-state index in [1.54, 1.807) is 78.6 Å². The number of nitrogens with zero attached hydrogens (tertiary/aromatic N) is 4. The largest absolute Gasteiger partial charge is 0.322 e. The smallest absolute Gasteiger partial charge is 0.312 e. The average Bonchev–Trinajstić information content (AvgIpc) is 3.42. The summed E-state index contributed by atoms with van der Waals surface area (Å²) in [6.07, 6.45) is 1.61. The standard InChI is InChI=1S/C23H20N6O4S/c1-14-20(29(32)33)15(2)28(27-14)13-16-3-5-17(6-4-16)21(30)25-19-9-7-18(8-10-19)22(31)26-23-24-11-12-34-23/h3-12H,13H2,1-2H3,(H,25,30)(H,24,26,31). The van der Waals surface area contributed by atoms with E-state index in [2.05, 4.69) is 20.7 Å². The average molecular weight is 477 g/mol. The molecular weight excluding hydrogens is 456 g/mol. The Morgan fingerprint density at radius 1 is 1.00 bits per heavy atom. The van der Waals surface area contributed by atoms with Crippen LogP contribution in [0.15, 0.2) is 60.1 Å². The zero-order valence-corrected chi connectivity index (χ0v) is 19.1. The number of benzene rings is 2. The van der Waals surface area contributed by atoms with Gasteiger partial charge in [-0.15, -0.1) is 11.3 Å². The van der Waals surface area contributed by atoms with E-state index in [9.17, 15) is 19.7 Å². The predicted molar refractivity (Wildman–Crippen MR) is 128 cm³/mol. The highest BCUT2D eigenvalue weighted by atomic mass is 32.1. The fourth-order valence-electron chi connectivity index (χ4n) is 3.40. The van der Waals surface area contributed by atoms with Gasteiger partial charge in [0.25, 0.3) is 11.8 Å². The Labute approximate surface area is 198 Å². The van der Waals surface area contributed by atoms with Crippen LogP contribution >= 0.6 is 11.3 Å². The molecule has 0 bridgehead atoms. The SMILES string of the molecule is Cc1nn(Cc2ccc(C(=O)Nc3ccc(C(=O)Nc4nccs4)cc3)cc2)c(C)c1[N+](=O)[O-]. The van der Waals surface area contributed by atoms with Crippen LogP contribution in [0.5, 0.6) is 0 Å². The summed E-state index contributed by atoms with van der Waals surface area (Å²) in [7, 11) is 0. The molecule has 2 heterocycles. The minimum atomic E-state index is -0.429. The van der Waals surface area contributed by atoms with Crippen molar-refractivity contribution in [3.05, 3.63) is 98.3 Å². The Kier molecular flexibility index (Phi) is 6.46. The number of nitrogens with one attached hydrogen (secondary N) is 2. The van der Waals surface area contributed by atoms with Crippen molar-refractivity contribution < 1.29 is 14.5 Å². The van der Waals surface area contributed by atoms with E-state index in [-0.39, 0.29) is 17.5 Å². The molecule has 0 aliphatic rings. The molecule has 2 amide bonds. The minimum absolute atomic E-state index is 0.0164. The molecular formula is C23H20N6O4S. The lowest BCUT2D eigenvalue weighted by atomic mass is 10.1. The molecule has 11 heteroatoms. The number of rotatable bonds is 7. The summed E-state index contributed by atoms with van der Waals surface area (Å²) in [5.41, 5.74) is 3.17. The van der Waals surface area contributed by atoms with Crippen LogP contribution in [0.4, 0.5) is 16.5 Å². The Hall–Kier alpha value is -4.38. The van der Waals surface area contributed by atoms with Gasteiger partial charge in [-0.2, -0.15) is 5.10 Å². The van der Waals surface area contributed by atoms with E-state index < -0.39 is 4.92 Å². The van der Waals surface area contributed by atoms with Crippen molar-refractivity contribution >= 4 is 39.7 Å². The van der Waals surface area contributed by atoms with E-state index in [1.165, 1.54) is 11.3 Å².